The summed E-state index contributed by atoms with van der Waals surface area (Å²) in [4.78, 5) is 12.3. The molecule has 1 aromatic carbocycles. The van der Waals surface area contributed by atoms with Gasteiger partial charge < -0.3 is 9.47 Å². The number of fused-ring (bicyclic) bond motifs is 1. The third-order valence-corrected chi connectivity index (χ3v) is 3.62. The van der Waals surface area contributed by atoms with Gasteiger partial charge in [0.1, 0.15) is 11.3 Å². The second kappa shape index (κ2) is 5.21. The van der Waals surface area contributed by atoms with Gasteiger partial charge in [-0.1, -0.05) is 6.07 Å². The number of hydrogen-bond donors (Lipinski definition) is 1. The summed E-state index contributed by atoms with van der Waals surface area (Å²) in [5.41, 5.74) is 1.42. The quantitative estimate of drug-likeness (QED) is 0.844. The standard InChI is InChI=1S/C15H21NO3/c1-10(2)16-15(14(17)19-4)8-7-11-5-6-12(18-3)9-13(11)15/h5-6,9-10,16H,7-8H2,1-4H3. The van der Waals surface area contributed by atoms with E-state index in [2.05, 4.69) is 5.32 Å². The summed E-state index contributed by atoms with van der Waals surface area (Å²) in [6.07, 6.45) is 1.59. The van der Waals surface area contributed by atoms with Crippen molar-refractivity contribution in [2.75, 3.05) is 14.2 Å². The fourth-order valence-corrected chi connectivity index (χ4v) is 2.84. The van der Waals surface area contributed by atoms with E-state index in [1.165, 1.54) is 12.7 Å². The van der Waals surface area contributed by atoms with Gasteiger partial charge in [-0.3, -0.25) is 5.32 Å². The fourth-order valence-electron chi connectivity index (χ4n) is 2.84. The van der Waals surface area contributed by atoms with Crippen LogP contribution in [0, 0.1) is 0 Å². The first-order valence-electron chi connectivity index (χ1n) is 6.57. The van der Waals surface area contributed by atoms with Crippen LogP contribution < -0.4 is 10.1 Å². The predicted molar refractivity (Wildman–Crippen MR) is 73.3 cm³/mol. The highest BCUT2D eigenvalue weighted by atomic mass is 16.5. The van der Waals surface area contributed by atoms with E-state index >= 15 is 0 Å². The molecule has 0 fully saturated rings. The number of esters is 1. The molecule has 0 saturated carbocycles. The predicted octanol–water partition coefficient (Wildman–Crippen LogP) is 2.01. The summed E-state index contributed by atoms with van der Waals surface area (Å²) >= 11 is 0. The van der Waals surface area contributed by atoms with Crippen LogP contribution in [-0.4, -0.2) is 26.2 Å². The molecule has 1 aromatic rings. The molecule has 104 valence electrons. The van der Waals surface area contributed by atoms with Crippen molar-refractivity contribution < 1.29 is 14.3 Å². The van der Waals surface area contributed by atoms with Gasteiger partial charge in [0.25, 0.3) is 0 Å². The van der Waals surface area contributed by atoms with E-state index in [4.69, 9.17) is 9.47 Å². The van der Waals surface area contributed by atoms with E-state index in [0.717, 1.165) is 24.2 Å². The molecule has 1 unspecified atom stereocenters. The van der Waals surface area contributed by atoms with Gasteiger partial charge in [-0.15, -0.1) is 0 Å². The molecular weight excluding hydrogens is 242 g/mol. The third-order valence-electron chi connectivity index (χ3n) is 3.62. The van der Waals surface area contributed by atoms with E-state index in [9.17, 15) is 4.79 Å². The first kappa shape index (κ1) is 13.9. The molecule has 1 N–H and O–H groups in total. The van der Waals surface area contributed by atoms with Crippen LogP contribution >= 0.6 is 0 Å². The van der Waals surface area contributed by atoms with E-state index in [1.807, 2.05) is 32.0 Å². The lowest BCUT2D eigenvalue weighted by Gasteiger charge is -2.31. The third kappa shape index (κ3) is 2.32. The van der Waals surface area contributed by atoms with Crippen LogP contribution in [0.1, 0.15) is 31.4 Å². The highest BCUT2D eigenvalue weighted by Crippen LogP contribution is 2.40. The molecule has 2 rings (SSSR count). The Balaban J connectivity index is 2.51. The highest BCUT2D eigenvalue weighted by Gasteiger charge is 2.46. The average Bonchev–Trinajstić information content (AvgIpc) is 2.76. The lowest BCUT2D eigenvalue weighted by Crippen LogP contribution is -2.51. The van der Waals surface area contributed by atoms with Gasteiger partial charge in [-0.2, -0.15) is 0 Å². The van der Waals surface area contributed by atoms with Gasteiger partial charge >= 0.3 is 5.97 Å². The maximum absolute atomic E-state index is 12.3. The Morgan fingerprint density at radius 2 is 2.11 bits per heavy atom. The largest absolute Gasteiger partial charge is 0.497 e. The number of benzene rings is 1. The second-order valence-electron chi connectivity index (χ2n) is 5.22. The summed E-state index contributed by atoms with van der Waals surface area (Å²) < 4.78 is 10.3. The fraction of sp³-hybridized carbons (Fsp3) is 0.533. The Morgan fingerprint density at radius 3 is 2.68 bits per heavy atom. The minimum atomic E-state index is -0.743. The number of nitrogens with one attached hydrogen (secondary N) is 1. The molecule has 0 aliphatic heterocycles. The zero-order chi connectivity index (χ0) is 14.0. The zero-order valence-corrected chi connectivity index (χ0v) is 11.9. The summed E-state index contributed by atoms with van der Waals surface area (Å²) in [5.74, 6) is 0.535. The number of methoxy groups -OCH3 is 2. The summed E-state index contributed by atoms with van der Waals surface area (Å²) in [5, 5.41) is 3.38. The molecule has 0 aromatic heterocycles. The van der Waals surface area contributed by atoms with Crippen molar-refractivity contribution in [2.45, 2.75) is 38.3 Å². The Labute approximate surface area is 114 Å². The number of carbonyl (C=O) groups is 1. The first-order chi connectivity index (χ1) is 9.03. The summed E-state index contributed by atoms with van der Waals surface area (Å²) in [6.45, 7) is 4.06. The molecule has 0 radical (unpaired) electrons. The normalized spacial score (nSPS) is 21.3. The van der Waals surface area contributed by atoms with Gasteiger partial charge in [0.05, 0.1) is 14.2 Å². The molecule has 0 amide bonds. The molecule has 4 nitrogen and oxygen atoms in total. The molecule has 0 heterocycles. The SMILES string of the molecule is COC(=O)C1(NC(C)C)CCc2ccc(OC)cc21. The number of carbonyl (C=O) groups excluding carboxylic acids is 1. The van der Waals surface area contributed by atoms with Crippen LogP contribution in [0.5, 0.6) is 5.75 Å². The lowest BCUT2D eigenvalue weighted by atomic mass is 9.90. The monoisotopic (exact) mass is 263 g/mol. The molecule has 1 aliphatic rings. The number of aryl methyl sites for hydroxylation is 1. The van der Waals surface area contributed by atoms with Crippen LogP contribution in [0.3, 0.4) is 0 Å². The Kier molecular flexibility index (Phi) is 3.80. The van der Waals surface area contributed by atoms with Crippen LogP contribution in [0.2, 0.25) is 0 Å². The molecule has 1 atom stereocenters. The molecule has 0 spiro atoms. The van der Waals surface area contributed by atoms with Gasteiger partial charge in [0.2, 0.25) is 0 Å². The molecule has 4 heteroatoms. The summed E-state index contributed by atoms with van der Waals surface area (Å²) in [7, 11) is 3.07. The van der Waals surface area contributed by atoms with E-state index in [0.29, 0.717) is 0 Å². The van der Waals surface area contributed by atoms with Gasteiger partial charge in [-0.05, 0) is 49.9 Å². The smallest absolute Gasteiger partial charge is 0.330 e. The van der Waals surface area contributed by atoms with Crippen molar-refractivity contribution in [3.8, 4) is 5.75 Å². The van der Waals surface area contributed by atoms with Crippen LogP contribution in [0.4, 0.5) is 0 Å². The van der Waals surface area contributed by atoms with Crippen molar-refractivity contribution >= 4 is 5.97 Å². The van der Waals surface area contributed by atoms with Gasteiger partial charge in [0, 0.05) is 6.04 Å². The van der Waals surface area contributed by atoms with Crippen LogP contribution in [-0.2, 0) is 21.5 Å². The average molecular weight is 263 g/mol. The maximum Gasteiger partial charge on any atom is 0.330 e. The molecule has 0 bridgehead atoms. The van der Waals surface area contributed by atoms with Gasteiger partial charge in [0.15, 0.2) is 0 Å². The molecule has 0 saturated heterocycles. The number of rotatable bonds is 4. The lowest BCUT2D eigenvalue weighted by molar-refractivity contribution is -0.149. The van der Waals surface area contributed by atoms with Crippen molar-refractivity contribution in [3.63, 3.8) is 0 Å². The Hall–Kier alpha value is -1.55. The van der Waals surface area contributed by atoms with Gasteiger partial charge in [-0.25, -0.2) is 4.79 Å². The van der Waals surface area contributed by atoms with Crippen molar-refractivity contribution in [1.82, 2.24) is 5.32 Å². The Morgan fingerprint density at radius 1 is 1.37 bits per heavy atom. The van der Waals surface area contributed by atoms with Crippen LogP contribution in [0.15, 0.2) is 18.2 Å². The Bertz CT molecular complexity index is 484. The minimum Gasteiger partial charge on any atom is -0.497 e. The molecule has 1 aliphatic carbocycles. The van der Waals surface area contributed by atoms with E-state index in [-0.39, 0.29) is 12.0 Å². The highest BCUT2D eigenvalue weighted by molar-refractivity contribution is 5.84. The number of ether oxygens (including phenoxy) is 2. The van der Waals surface area contributed by atoms with Crippen molar-refractivity contribution in [2.24, 2.45) is 0 Å². The molecule has 19 heavy (non-hydrogen) atoms. The van der Waals surface area contributed by atoms with Crippen LogP contribution in [0.25, 0.3) is 0 Å². The van der Waals surface area contributed by atoms with E-state index in [1.54, 1.807) is 7.11 Å². The van der Waals surface area contributed by atoms with E-state index < -0.39 is 5.54 Å². The molecular formula is C15H21NO3. The first-order valence-corrected chi connectivity index (χ1v) is 6.57. The number of hydrogen-bond acceptors (Lipinski definition) is 4. The maximum atomic E-state index is 12.3. The second-order valence-corrected chi connectivity index (χ2v) is 5.22. The minimum absolute atomic E-state index is 0.191. The zero-order valence-electron chi connectivity index (χ0n) is 11.9. The topological polar surface area (TPSA) is 47.6 Å². The van der Waals surface area contributed by atoms with Crippen molar-refractivity contribution in [3.05, 3.63) is 29.3 Å². The summed E-state index contributed by atoms with van der Waals surface area (Å²) in [6, 6.07) is 6.09. The van der Waals surface area contributed by atoms with Crippen molar-refractivity contribution in [1.29, 1.82) is 0 Å².